The Balaban J connectivity index is 2.68. The smallest absolute Gasteiger partial charge is 0.187 e. The second-order valence-electron chi connectivity index (χ2n) is 4.14. The van der Waals surface area contributed by atoms with Crippen molar-refractivity contribution >= 4 is 23.0 Å². The first kappa shape index (κ1) is 15.4. The fraction of sp³-hybridized carbons (Fsp3) is 0.333. The number of nitrogens with zero attached hydrogens (tertiary/aromatic N) is 1. The monoisotopic (exact) mass is 275 g/mol. The van der Waals surface area contributed by atoms with Gasteiger partial charge in [0.05, 0.1) is 5.71 Å². The molecule has 19 heavy (non-hydrogen) atoms. The number of hydrazone groups is 1. The molecule has 0 radical (unpaired) electrons. The summed E-state index contributed by atoms with van der Waals surface area (Å²) in [5.41, 5.74) is 5.05. The van der Waals surface area contributed by atoms with Crippen LogP contribution in [0.25, 0.3) is 0 Å². The van der Waals surface area contributed by atoms with E-state index in [0.717, 1.165) is 30.5 Å². The quantitative estimate of drug-likeness (QED) is 0.347. The predicted molar refractivity (Wildman–Crippen MR) is 86.4 cm³/mol. The molecule has 0 unspecified atom stereocenters. The number of benzene rings is 1. The summed E-state index contributed by atoms with van der Waals surface area (Å²) in [5.74, 6) is 0. The highest BCUT2D eigenvalue weighted by Gasteiger charge is 2.03. The van der Waals surface area contributed by atoms with Gasteiger partial charge in [-0.3, -0.25) is 5.43 Å². The van der Waals surface area contributed by atoms with Gasteiger partial charge in [-0.1, -0.05) is 49.8 Å². The van der Waals surface area contributed by atoms with Crippen LogP contribution in [0.5, 0.6) is 0 Å². The van der Waals surface area contributed by atoms with E-state index in [1.165, 1.54) is 0 Å². The first-order valence-corrected chi connectivity index (χ1v) is 6.95. The summed E-state index contributed by atoms with van der Waals surface area (Å²) in [6.45, 7) is 6.44. The van der Waals surface area contributed by atoms with Crippen LogP contribution in [-0.2, 0) is 0 Å². The van der Waals surface area contributed by atoms with Crippen molar-refractivity contribution in [3.63, 3.8) is 0 Å². The van der Waals surface area contributed by atoms with Crippen molar-refractivity contribution < 1.29 is 0 Å². The number of unbranched alkanes of at least 4 members (excludes halogenated alkanes) is 1. The Morgan fingerprint density at radius 2 is 2.11 bits per heavy atom. The SMILES string of the molecule is C=CCNC(=S)N/N=C(/CCCC)c1ccccc1. The van der Waals surface area contributed by atoms with Gasteiger partial charge in [0.1, 0.15) is 0 Å². The van der Waals surface area contributed by atoms with Crippen LogP contribution in [0.15, 0.2) is 48.1 Å². The molecular formula is C15H21N3S. The number of nitrogens with one attached hydrogen (secondary N) is 2. The zero-order valence-electron chi connectivity index (χ0n) is 11.4. The highest BCUT2D eigenvalue weighted by molar-refractivity contribution is 7.80. The summed E-state index contributed by atoms with van der Waals surface area (Å²) < 4.78 is 0. The number of thiocarbonyl (C=S) groups is 1. The van der Waals surface area contributed by atoms with E-state index < -0.39 is 0 Å². The normalized spacial score (nSPS) is 10.9. The minimum absolute atomic E-state index is 0.518. The zero-order valence-corrected chi connectivity index (χ0v) is 12.2. The average molecular weight is 275 g/mol. The molecule has 4 heteroatoms. The molecule has 102 valence electrons. The van der Waals surface area contributed by atoms with Crippen LogP contribution in [0, 0.1) is 0 Å². The number of hydrogen-bond acceptors (Lipinski definition) is 2. The number of rotatable bonds is 7. The maximum absolute atomic E-state index is 5.12. The largest absolute Gasteiger partial charge is 0.358 e. The Hall–Kier alpha value is -1.68. The van der Waals surface area contributed by atoms with Crippen LogP contribution in [0.1, 0.15) is 31.7 Å². The van der Waals surface area contributed by atoms with E-state index in [4.69, 9.17) is 12.2 Å². The third-order valence-electron chi connectivity index (χ3n) is 2.57. The van der Waals surface area contributed by atoms with Crippen LogP contribution in [0.4, 0.5) is 0 Å². The Morgan fingerprint density at radius 1 is 1.37 bits per heavy atom. The molecule has 0 fully saturated rings. The molecule has 0 aromatic heterocycles. The van der Waals surface area contributed by atoms with Crippen molar-refractivity contribution in [2.45, 2.75) is 26.2 Å². The average Bonchev–Trinajstić information content (AvgIpc) is 2.46. The molecule has 0 aliphatic carbocycles. The molecule has 0 spiro atoms. The number of hydrogen-bond donors (Lipinski definition) is 2. The van der Waals surface area contributed by atoms with Gasteiger partial charge < -0.3 is 5.32 Å². The van der Waals surface area contributed by atoms with Gasteiger partial charge in [0.2, 0.25) is 0 Å². The highest BCUT2D eigenvalue weighted by Crippen LogP contribution is 2.07. The summed E-state index contributed by atoms with van der Waals surface area (Å²) in [6.07, 6.45) is 4.96. The Bertz CT molecular complexity index is 426. The standard InChI is InChI=1S/C15H21N3S/c1-3-5-11-14(13-9-7-6-8-10-13)17-18-15(19)16-12-4-2/h4,6-10H,2-3,5,11-12H2,1H3,(H2,16,18,19)/b17-14-. The Labute approximate surface area is 120 Å². The van der Waals surface area contributed by atoms with E-state index in [-0.39, 0.29) is 0 Å². The summed E-state index contributed by atoms with van der Waals surface area (Å²) >= 11 is 5.12. The molecule has 3 nitrogen and oxygen atoms in total. The lowest BCUT2D eigenvalue weighted by Gasteiger charge is -2.09. The van der Waals surface area contributed by atoms with Gasteiger partial charge in [-0.25, -0.2) is 0 Å². The lowest BCUT2D eigenvalue weighted by molar-refractivity contribution is 0.825. The fourth-order valence-corrected chi connectivity index (χ4v) is 1.69. The molecule has 0 bridgehead atoms. The van der Waals surface area contributed by atoms with Crippen LogP contribution in [-0.4, -0.2) is 17.4 Å². The van der Waals surface area contributed by atoms with Gasteiger partial charge in [0, 0.05) is 6.54 Å². The van der Waals surface area contributed by atoms with Gasteiger partial charge in [-0.2, -0.15) is 5.10 Å². The molecule has 0 saturated heterocycles. The molecule has 0 aliphatic rings. The topological polar surface area (TPSA) is 36.4 Å². The van der Waals surface area contributed by atoms with E-state index in [2.05, 4.69) is 41.5 Å². The third kappa shape index (κ3) is 6.15. The first-order chi connectivity index (χ1) is 9.27. The maximum Gasteiger partial charge on any atom is 0.187 e. The van der Waals surface area contributed by atoms with Crippen LogP contribution in [0.2, 0.25) is 0 Å². The highest BCUT2D eigenvalue weighted by atomic mass is 32.1. The van der Waals surface area contributed by atoms with Crippen molar-refractivity contribution in [2.24, 2.45) is 5.10 Å². The summed E-state index contributed by atoms with van der Waals surface area (Å²) in [4.78, 5) is 0. The molecule has 0 atom stereocenters. The first-order valence-electron chi connectivity index (χ1n) is 6.54. The third-order valence-corrected chi connectivity index (χ3v) is 2.81. The van der Waals surface area contributed by atoms with Gasteiger partial charge in [0.25, 0.3) is 0 Å². The van der Waals surface area contributed by atoms with Crippen LogP contribution >= 0.6 is 12.2 Å². The second-order valence-corrected chi connectivity index (χ2v) is 4.55. The minimum Gasteiger partial charge on any atom is -0.358 e. The maximum atomic E-state index is 5.12. The van der Waals surface area contributed by atoms with Crippen molar-refractivity contribution in [3.8, 4) is 0 Å². The molecule has 0 amide bonds. The van der Waals surface area contributed by atoms with Gasteiger partial charge in [-0.15, -0.1) is 6.58 Å². The molecule has 2 N–H and O–H groups in total. The molecule has 1 aromatic carbocycles. The van der Waals surface area contributed by atoms with E-state index in [9.17, 15) is 0 Å². The molecule has 0 aliphatic heterocycles. The van der Waals surface area contributed by atoms with Crippen molar-refractivity contribution in [1.29, 1.82) is 0 Å². The fourth-order valence-electron chi connectivity index (χ4n) is 1.56. The summed E-state index contributed by atoms with van der Waals surface area (Å²) in [6, 6.07) is 10.2. The Morgan fingerprint density at radius 3 is 2.74 bits per heavy atom. The molecule has 1 rings (SSSR count). The van der Waals surface area contributed by atoms with Crippen LogP contribution < -0.4 is 10.7 Å². The molecule has 1 aromatic rings. The van der Waals surface area contributed by atoms with Crippen molar-refractivity contribution in [3.05, 3.63) is 48.6 Å². The summed E-state index contributed by atoms with van der Waals surface area (Å²) in [7, 11) is 0. The van der Waals surface area contributed by atoms with E-state index in [1.54, 1.807) is 6.08 Å². The predicted octanol–water partition coefficient (Wildman–Crippen LogP) is 3.23. The van der Waals surface area contributed by atoms with Crippen LogP contribution in [0.3, 0.4) is 0 Å². The molecular weight excluding hydrogens is 254 g/mol. The van der Waals surface area contributed by atoms with E-state index in [0.29, 0.717) is 11.7 Å². The zero-order chi connectivity index (χ0) is 13.9. The lowest BCUT2D eigenvalue weighted by atomic mass is 10.1. The van der Waals surface area contributed by atoms with E-state index >= 15 is 0 Å². The van der Waals surface area contributed by atoms with Gasteiger partial charge in [-0.05, 0) is 30.6 Å². The summed E-state index contributed by atoms with van der Waals surface area (Å²) in [5, 5.41) is 7.92. The van der Waals surface area contributed by atoms with Gasteiger partial charge in [0.15, 0.2) is 5.11 Å². The van der Waals surface area contributed by atoms with Crippen molar-refractivity contribution in [2.75, 3.05) is 6.54 Å². The van der Waals surface area contributed by atoms with Gasteiger partial charge >= 0.3 is 0 Å². The van der Waals surface area contributed by atoms with E-state index in [1.807, 2.05) is 18.2 Å². The molecule has 0 saturated carbocycles. The lowest BCUT2D eigenvalue weighted by Crippen LogP contribution is -2.32. The second kappa shape index (κ2) is 9.28. The van der Waals surface area contributed by atoms with Crippen molar-refractivity contribution in [1.82, 2.24) is 10.7 Å². The minimum atomic E-state index is 0.518. The Kier molecular flexibility index (Phi) is 7.51. The molecule has 0 heterocycles.